The summed E-state index contributed by atoms with van der Waals surface area (Å²) in [6, 6.07) is 5.68. The predicted octanol–water partition coefficient (Wildman–Crippen LogP) is 2.93. The van der Waals surface area contributed by atoms with Crippen molar-refractivity contribution in [2.75, 3.05) is 24.7 Å². The lowest BCUT2D eigenvalue weighted by Crippen LogP contribution is -2.26. The fourth-order valence-electron chi connectivity index (χ4n) is 1.85. The number of carbonyl (C=O) groups is 2. The summed E-state index contributed by atoms with van der Waals surface area (Å²) < 4.78 is 26.5. The lowest BCUT2D eigenvalue weighted by molar-refractivity contribution is -0.129. The standard InChI is InChI=1S/C15H17F2N5O2S/c1-21(2)13(23)9-22-8-10(7-18-22)19-15(24)20-11-5-3-4-6-12(11)25-14(16)17/h3-8,14H,9H2,1-2H3,(H2,19,20,24). The topological polar surface area (TPSA) is 79.3 Å². The minimum Gasteiger partial charge on any atom is -0.347 e. The monoisotopic (exact) mass is 369 g/mol. The Labute approximate surface area is 147 Å². The van der Waals surface area contributed by atoms with E-state index in [-0.39, 0.29) is 23.0 Å². The molecule has 0 aliphatic carbocycles. The van der Waals surface area contributed by atoms with Gasteiger partial charge in [-0.1, -0.05) is 23.9 Å². The number of hydrogen-bond acceptors (Lipinski definition) is 4. The maximum Gasteiger partial charge on any atom is 0.323 e. The van der Waals surface area contributed by atoms with Crippen LogP contribution in [0.1, 0.15) is 0 Å². The van der Waals surface area contributed by atoms with Gasteiger partial charge < -0.3 is 15.5 Å². The Morgan fingerprint density at radius 3 is 2.68 bits per heavy atom. The van der Waals surface area contributed by atoms with Gasteiger partial charge in [-0.05, 0) is 12.1 Å². The van der Waals surface area contributed by atoms with Crippen LogP contribution < -0.4 is 10.6 Å². The maximum atomic E-state index is 12.5. The molecule has 0 fully saturated rings. The van der Waals surface area contributed by atoms with E-state index in [2.05, 4.69) is 15.7 Å². The normalized spacial score (nSPS) is 10.6. The van der Waals surface area contributed by atoms with Crippen molar-refractivity contribution in [3.63, 3.8) is 0 Å². The van der Waals surface area contributed by atoms with E-state index in [1.165, 1.54) is 34.1 Å². The molecule has 0 aliphatic heterocycles. The molecule has 2 N–H and O–H groups in total. The lowest BCUT2D eigenvalue weighted by atomic mass is 10.3. The van der Waals surface area contributed by atoms with E-state index >= 15 is 0 Å². The predicted molar refractivity (Wildman–Crippen MR) is 91.9 cm³/mol. The van der Waals surface area contributed by atoms with Gasteiger partial charge in [-0.15, -0.1) is 0 Å². The largest absolute Gasteiger partial charge is 0.347 e. The van der Waals surface area contributed by atoms with Crippen molar-refractivity contribution in [3.05, 3.63) is 36.7 Å². The molecule has 7 nitrogen and oxygen atoms in total. The van der Waals surface area contributed by atoms with Crippen LogP contribution >= 0.6 is 11.8 Å². The third-order valence-corrected chi connectivity index (χ3v) is 3.83. The number of nitrogens with one attached hydrogen (secondary N) is 2. The third kappa shape index (κ3) is 5.75. The number of thioether (sulfide) groups is 1. The molecule has 1 aromatic heterocycles. The molecule has 0 unspecified atom stereocenters. The molecule has 25 heavy (non-hydrogen) atoms. The highest BCUT2D eigenvalue weighted by Gasteiger charge is 2.13. The van der Waals surface area contributed by atoms with Gasteiger partial charge in [0, 0.05) is 25.2 Å². The summed E-state index contributed by atoms with van der Waals surface area (Å²) in [7, 11) is 3.26. The van der Waals surface area contributed by atoms with Crippen molar-refractivity contribution in [3.8, 4) is 0 Å². The molecule has 2 aromatic rings. The number of hydrogen-bond donors (Lipinski definition) is 2. The Morgan fingerprint density at radius 2 is 2.00 bits per heavy atom. The van der Waals surface area contributed by atoms with Crippen molar-refractivity contribution < 1.29 is 18.4 Å². The number of nitrogens with zero attached hydrogens (tertiary/aromatic N) is 3. The highest BCUT2D eigenvalue weighted by Crippen LogP contribution is 2.31. The first-order valence-electron chi connectivity index (χ1n) is 7.19. The van der Waals surface area contributed by atoms with E-state index in [0.29, 0.717) is 17.4 Å². The molecule has 0 saturated heterocycles. The second-order valence-corrected chi connectivity index (χ2v) is 6.20. The van der Waals surface area contributed by atoms with Gasteiger partial charge in [0.15, 0.2) is 0 Å². The minimum absolute atomic E-state index is 0.0458. The van der Waals surface area contributed by atoms with Gasteiger partial charge in [-0.2, -0.15) is 13.9 Å². The number of aromatic nitrogens is 2. The Kier molecular flexibility index (Phi) is 6.34. The van der Waals surface area contributed by atoms with Crippen LogP contribution in [0.5, 0.6) is 0 Å². The van der Waals surface area contributed by atoms with E-state index in [4.69, 9.17) is 0 Å². The molecule has 2 rings (SSSR count). The van der Waals surface area contributed by atoms with Crippen LogP contribution in [0.3, 0.4) is 0 Å². The zero-order chi connectivity index (χ0) is 18.4. The summed E-state index contributed by atoms with van der Waals surface area (Å²) in [5.41, 5.74) is 0.656. The molecule has 3 amide bonds. The average molecular weight is 369 g/mol. The highest BCUT2D eigenvalue weighted by atomic mass is 32.2. The van der Waals surface area contributed by atoms with Crippen molar-refractivity contribution in [1.29, 1.82) is 0 Å². The molecule has 0 saturated carbocycles. The number of benzene rings is 1. The molecule has 1 heterocycles. The number of anilines is 2. The average Bonchev–Trinajstić information content (AvgIpc) is 2.95. The summed E-state index contributed by atoms with van der Waals surface area (Å²) in [6.07, 6.45) is 2.89. The zero-order valence-corrected chi connectivity index (χ0v) is 14.4. The quantitative estimate of drug-likeness (QED) is 0.768. The first kappa shape index (κ1) is 18.7. The molecule has 1 aromatic carbocycles. The number of rotatable bonds is 6. The summed E-state index contributed by atoms with van der Waals surface area (Å²) in [5, 5.41) is 9.03. The van der Waals surface area contributed by atoms with Gasteiger partial charge in [0.1, 0.15) is 6.54 Å². The smallest absolute Gasteiger partial charge is 0.323 e. The summed E-state index contributed by atoms with van der Waals surface area (Å²) in [6.45, 7) is 0.0458. The van der Waals surface area contributed by atoms with Crippen LogP contribution in [0.4, 0.5) is 25.0 Å². The third-order valence-electron chi connectivity index (χ3n) is 3.04. The molecule has 0 atom stereocenters. The van der Waals surface area contributed by atoms with E-state index in [1.54, 1.807) is 26.2 Å². The van der Waals surface area contributed by atoms with Gasteiger partial charge in [0.2, 0.25) is 5.91 Å². The van der Waals surface area contributed by atoms with Crippen molar-refractivity contribution in [2.45, 2.75) is 17.2 Å². The molecule has 0 spiro atoms. The van der Waals surface area contributed by atoms with Crippen LogP contribution in [0.2, 0.25) is 0 Å². The number of alkyl halides is 2. The van der Waals surface area contributed by atoms with Crippen molar-refractivity contribution >= 4 is 35.1 Å². The fourth-order valence-corrected chi connectivity index (χ4v) is 2.44. The molecular weight excluding hydrogens is 352 g/mol. The van der Waals surface area contributed by atoms with E-state index in [0.717, 1.165) is 0 Å². The Balaban J connectivity index is 1.97. The second-order valence-electron chi connectivity index (χ2n) is 5.17. The zero-order valence-electron chi connectivity index (χ0n) is 13.6. The second kappa shape index (κ2) is 8.47. The van der Waals surface area contributed by atoms with Crippen molar-refractivity contribution in [2.24, 2.45) is 0 Å². The van der Waals surface area contributed by atoms with Gasteiger partial charge in [-0.3, -0.25) is 9.48 Å². The van der Waals surface area contributed by atoms with Gasteiger partial charge in [-0.25, -0.2) is 4.79 Å². The summed E-state index contributed by atoms with van der Waals surface area (Å²) in [4.78, 5) is 25.3. The van der Waals surface area contributed by atoms with Crippen molar-refractivity contribution in [1.82, 2.24) is 14.7 Å². The first-order valence-corrected chi connectivity index (χ1v) is 8.07. The Hall–Kier alpha value is -2.62. The summed E-state index contributed by atoms with van der Waals surface area (Å²) >= 11 is 0.353. The fraction of sp³-hybridized carbons (Fsp3) is 0.267. The molecule has 134 valence electrons. The number of carbonyl (C=O) groups excluding carboxylic acids is 2. The van der Waals surface area contributed by atoms with E-state index in [1.807, 2.05) is 0 Å². The number of urea groups is 1. The van der Waals surface area contributed by atoms with Crippen LogP contribution in [0, 0.1) is 0 Å². The van der Waals surface area contributed by atoms with Crippen LogP contribution in [0.25, 0.3) is 0 Å². The minimum atomic E-state index is -2.58. The Morgan fingerprint density at radius 1 is 1.28 bits per heavy atom. The van der Waals surface area contributed by atoms with Gasteiger partial charge in [0.05, 0.1) is 17.6 Å². The SMILES string of the molecule is CN(C)C(=O)Cn1cc(NC(=O)Nc2ccccc2SC(F)F)cn1. The van der Waals surface area contributed by atoms with E-state index < -0.39 is 11.8 Å². The number of para-hydroxylation sites is 1. The molecule has 0 radical (unpaired) electrons. The lowest BCUT2D eigenvalue weighted by Gasteiger charge is -2.10. The Bertz CT molecular complexity index is 751. The first-order chi connectivity index (χ1) is 11.8. The van der Waals surface area contributed by atoms with Gasteiger partial charge in [0.25, 0.3) is 5.76 Å². The number of amides is 3. The molecule has 0 aliphatic rings. The van der Waals surface area contributed by atoms with E-state index in [9.17, 15) is 18.4 Å². The molecule has 0 bridgehead atoms. The number of likely N-dealkylation sites (N-methyl/N-ethyl adjacent to an activating group) is 1. The van der Waals surface area contributed by atoms with Crippen LogP contribution in [0.15, 0.2) is 41.6 Å². The highest BCUT2D eigenvalue weighted by molar-refractivity contribution is 7.99. The van der Waals surface area contributed by atoms with Crippen LogP contribution in [-0.4, -0.2) is 46.5 Å². The maximum absolute atomic E-state index is 12.5. The molecular formula is C15H17F2N5O2S. The summed E-state index contributed by atoms with van der Waals surface area (Å²) in [5.74, 6) is -2.73. The molecule has 10 heteroatoms. The van der Waals surface area contributed by atoms with Gasteiger partial charge >= 0.3 is 6.03 Å². The van der Waals surface area contributed by atoms with Crippen LogP contribution in [-0.2, 0) is 11.3 Å². The number of halogens is 2.